The summed E-state index contributed by atoms with van der Waals surface area (Å²) in [5, 5.41) is 7.55. The summed E-state index contributed by atoms with van der Waals surface area (Å²) < 4.78 is 0. The van der Waals surface area contributed by atoms with Gasteiger partial charge in [-0.2, -0.15) is 0 Å². The van der Waals surface area contributed by atoms with Gasteiger partial charge in [0, 0.05) is 30.1 Å². The quantitative estimate of drug-likeness (QED) is 0.707. The number of nitrogens with one attached hydrogen (secondary N) is 3. The van der Waals surface area contributed by atoms with Crippen LogP contribution in [0.5, 0.6) is 0 Å². The molecule has 0 unspecified atom stereocenters. The van der Waals surface area contributed by atoms with E-state index in [9.17, 15) is 0 Å². The van der Waals surface area contributed by atoms with Gasteiger partial charge in [-0.15, -0.1) is 0 Å². The summed E-state index contributed by atoms with van der Waals surface area (Å²) in [5.41, 5.74) is 3.83. The van der Waals surface area contributed by atoms with Gasteiger partial charge in [-0.25, -0.2) is 0 Å². The van der Waals surface area contributed by atoms with E-state index in [2.05, 4.69) is 79.1 Å². The molecule has 1 fully saturated rings. The lowest BCUT2D eigenvalue weighted by Crippen LogP contribution is -3.12. The first kappa shape index (κ1) is 18.9. The summed E-state index contributed by atoms with van der Waals surface area (Å²) in [6.45, 7) is 7.93. The smallest absolute Gasteiger partial charge is 0.171 e. The van der Waals surface area contributed by atoms with Crippen LogP contribution in [0.25, 0.3) is 0 Å². The molecule has 3 nitrogen and oxygen atoms in total. The van der Waals surface area contributed by atoms with Crippen LogP contribution in [0.1, 0.15) is 43.7 Å². The number of benzene rings is 2. The highest BCUT2D eigenvalue weighted by molar-refractivity contribution is 7.80. The van der Waals surface area contributed by atoms with Crippen LogP contribution in [-0.2, 0) is 6.54 Å². The van der Waals surface area contributed by atoms with E-state index in [-0.39, 0.29) is 0 Å². The minimum Gasteiger partial charge on any atom is -0.359 e. The molecular formula is C22H30N3S+. The standard InChI is InChI=1S/C22H29N3S/c1-17(2)19-8-10-20(11-9-19)23-22(26)24-21-12-14-25(15-13-21)16-18-6-4-3-5-7-18/h3-11,17,21H,12-16H2,1-2H3,(H2,23,24,26)/p+1. The average Bonchev–Trinajstić information content (AvgIpc) is 2.64. The lowest BCUT2D eigenvalue weighted by Gasteiger charge is -2.30. The van der Waals surface area contributed by atoms with Gasteiger partial charge in [-0.1, -0.05) is 56.3 Å². The van der Waals surface area contributed by atoms with Crippen molar-refractivity contribution in [1.82, 2.24) is 5.32 Å². The van der Waals surface area contributed by atoms with Crippen molar-refractivity contribution in [3.05, 3.63) is 65.7 Å². The second-order valence-corrected chi connectivity index (χ2v) is 7.97. The van der Waals surface area contributed by atoms with E-state index in [1.54, 1.807) is 4.90 Å². The molecule has 1 saturated heterocycles. The Morgan fingerprint density at radius 2 is 1.69 bits per heavy atom. The molecule has 0 aliphatic carbocycles. The molecule has 1 aliphatic heterocycles. The van der Waals surface area contributed by atoms with E-state index in [4.69, 9.17) is 12.2 Å². The van der Waals surface area contributed by atoms with Crippen molar-refractivity contribution < 1.29 is 4.90 Å². The molecule has 0 spiro atoms. The Bertz CT molecular complexity index is 689. The number of piperidine rings is 1. The fourth-order valence-corrected chi connectivity index (χ4v) is 3.82. The second kappa shape index (κ2) is 9.15. The molecule has 138 valence electrons. The van der Waals surface area contributed by atoms with Gasteiger partial charge in [0.1, 0.15) is 6.54 Å². The molecule has 26 heavy (non-hydrogen) atoms. The summed E-state index contributed by atoms with van der Waals surface area (Å²) >= 11 is 5.51. The maximum Gasteiger partial charge on any atom is 0.171 e. The number of rotatable bonds is 5. The highest BCUT2D eigenvalue weighted by Crippen LogP contribution is 2.17. The first-order chi connectivity index (χ1) is 12.6. The first-order valence-corrected chi connectivity index (χ1v) is 10.1. The van der Waals surface area contributed by atoms with Gasteiger partial charge in [0.2, 0.25) is 0 Å². The molecule has 0 bridgehead atoms. The monoisotopic (exact) mass is 368 g/mol. The Morgan fingerprint density at radius 1 is 1.04 bits per heavy atom. The van der Waals surface area contributed by atoms with Crippen LogP contribution in [0.3, 0.4) is 0 Å². The highest BCUT2D eigenvalue weighted by atomic mass is 32.1. The van der Waals surface area contributed by atoms with Crippen LogP contribution in [0.4, 0.5) is 5.69 Å². The summed E-state index contributed by atoms with van der Waals surface area (Å²) in [5.74, 6) is 0.553. The molecule has 0 atom stereocenters. The molecule has 2 aromatic carbocycles. The SMILES string of the molecule is CC(C)c1ccc(NC(=S)NC2CC[NH+](Cc3ccccc3)CC2)cc1. The van der Waals surface area contributed by atoms with E-state index >= 15 is 0 Å². The third-order valence-electron chi connectivity index (χ3n) is 5.16. The summed E-state index contributed by atoms with van der Waals surface area (Å²) in [6, 6.07) is 19.8. The van der Waals surface area contributed by atoms with E-state index in [0.29, 0.717) is 12.0 Å². The van der Waals surface area contributed by atoms with Gasteiger partial charge in [-0.05, 0) is 35.8 Å². The van der Waals surface area contributed by atoms with Crippen LogP contribution in [0.2, 0.25) is 0 Å². The van der Waals surface area contributed by atoms with Crippen LogP contribution < -0.4 is 15.5 Å². The largest absolute Gasteiger partial charge is 0.359 e. The minimum atomic E-state index is 0.476. The maximum absolute atomic E-state index is 5.51. The van der Waals surface area contributed by atoms with E-state index in [0.717, 1.165) is 30.2 Å². The minimum absolute atomic E-state index is 0.476. The lowest BCUT2D eigenvalue weighted by molar-refractivity contribution is -0.918. The van der Waals surface area contributed by atoms with E-state index < -0.39 is 0 Å². The number of thiocarbonyl (C=S) groups is 1. The van der Waals surface area contributed by atoms with Crippen LogP contribution in [0, 0.1) is 0 Å². The molecule has 2 aromatic rings. The third-order valence-corrected chi connectivity index (χ3v) is 5.38. The van der Waals surface area contributed by atoms with Crippen molar-refractivity contribution in [3.63, 3.8) is 0 Å². The average molecular weight is 369 g/mol. The van der Waals surface area contributed by atoms with Crippen molar-refractivity contribution in [3.8, 4) is 0 Å². The molecule has 3 N–H and O–H groups in total. The molecule has 1 aliphatic rings. The molecule has 0 amide bonds. The predicted molar refractivity (Wildman–Crippen MR) is 114 cm³/mol. The van der Waals surface area contributed by atoms with Crippen LogP contribution >= 0.6 is 12.2 Å². The van der Waals surface area contributed by atoms with Crippen LogP contribution in [-0.4, -0.2) is 24.2 Å². The van der Waals surface area contributed by atoms with Crippen molar-refractivity contribution in [1.29, 1.82) is 0 Å². The van der Waals surface area contributed by atoms with Crippen molar-refractivity contribution in [2.24, 2.45) is 0 Å². The zero-order chi connectivity index (χ0) is 18.4. The lowest BCUT2D eigenvalue weighted by atomic mass is 10.0. The van der Waals surface area contributed by atoms with Gasteiger partial charge in [-0.3, -0.25) is 0 Å². The molecule has 1 heterocycles. The molecule has 0 radical (unpaired) electrons. The number of anilines is 1. The van der Waals surface area contributed by atoms with E-state index in [1.165, 1.54) is 24.2 Å². The molecule has 4 heteroatoms. The zero-order valence-electron chi connectivity index (χ0n) is 15.8. The molecule has 3 rings (SSSR count). The van der Waals surface area contributed by atoms with Crippen molar-refractivity contribution >= 4 is 23.0 Å². The Labute approximate surface area is 162 Å². The van der Waals surface area contributed by atoms with Crippen molar-refractivity contribution in [2.75, 3.05) is 18.4 Å². The normalized spacial score (nSPS) is 20.0. The third kappa shape index (κ3) is 5.55. The van der Waals surface area contributed by atoms with Crippen molar-refractivity contribution in [2.45, 2.75) is 45.2 Å². The Balaban J connectivity index is 1.41. The summed E-state index contributed by atoms with van der Waals surface area (Å²) in [4.78, 5) is 1.66. The molecular weight excluding hydrogens is 338 g/mol. The topological polar surface area (TPSA) is 28.5 Å². The Kier molecular flexibility index (Phi) is 6.64. The van der Waals surface area contributed by atoms with E-state index in [1.807, 2.05) is 0 Å². The Morgan fingerprint density at radius 3 is 2.31 bits per heavy atom. The number of hydrogen-bond acceptors (Lipinski definition) is 1. The highest BCUT2D eigenvalue weighted by Gasteiger charge is 2.22. The molecule has 0 saturated carbocycles. The number of likely N-dealkylation sites (tertiary alicyclic amines) is 1. The zero-order valence-corrected chi connectivity index (χ0v) is 16.6. The number of hydrogen-bond donors (Lipinski definition) is 3. The van der Waals surface area contributed by atoms with Gasteiger partial charge < -0.3 is 15.5 Å². The van der Waals surface area contributed by atoms with Gasteiger partial charge >= 0.3 is 0 Å². The Hall–Kier alpha value is -1.91. The van der Waals surface area contributed by atoms with Crippen LogP contribution in [0.15, 0.2) is 54.6 Å². The maximum atomic E-state index is 5.51. The second-order valence-electron chi connectivity index (χ2n) is 7.56. The predicted octanol–water partition coefficient (Wildman–Crippen LogP) is 3.34. The summed E-state index contributed by atoms with van der Waals surface area (Å²) in [6.07, 6.45) is 2.33. The first-order valence-electron chi connectivity index (χ1n) is 9.65. The van der Waals surface area contributed by atoms with Gasteiger partial charge in [0.25, 0.3) is 0 Å². The summed E-state index contributed by atoms with van der Waals surface area (Å²) in [7, 11) is 0. The molecule has 0 aromatic heterocycles. The van der Waals surface area contributed by atoms with Gasteiger partial charge in [0.05, 0.1) is 13.1 Å². The fourth-order valence-electron chi connectivity index (χ4n) is 3.54. The fraction of sp³-hybridized carbons (Fsp3) is 0.409. The van der Waals surface area contributed by atoms with Gasteiger partial charge in [0.15, 0.2) is 5.11 Å². The number of quaternary nitrogens is 1.